The van der Waals surface area contributed by atoms with Crippen LogP contribution in [0.3, 0.4) is 0 Å². The van der Waals surface area contributed by atoms with E-state index in [0.717, 1.165) is 5.39 Å². The number of hydrogen-bond donors (Lipinski definition) is 1. The predicted octanol–water partition coefficient (Wildman–Crippen LogP) is 3.31. The molecule has 0 radical (unpaired) electrons. The zero-order chi connectivity index (χ0) is 20.6. The highest BCUT2D eigenvalue weighted by Crippen LogP contribution is 2.41. The molecule has 1 aliphatic rings. The number of alkyl halides is 3. The number of rotatable bonds is 3. The van der Waals surface area contributed by atoms with E-state index in [1.54, 1.807) is 53.4 Å². The number of hydrogen-bond acceptors (Lipinski definition) is 3. The normalized spacial score (nSPS) is 22.8. The number of aromatic nitrogens is 2. The van der Waals surface area contributed by atoms with Gasteiger partial charge in [-0.25, -0.2) is 4.98 Å². The third-order valence-electron chi connectivity index (χ3n) is 5.62. The summed E-state index contributed by atoms with van der Waals surface area (Å²) in [7, 11) is 0. The number of nitrogens with zero attached hydrogens (tertiary/aromatic N) is 3. The number of halogens is 3. The quantitative estimate of drug-likeness (QED) is 0.731. The Labute approximate surface area is 166 Å². The zero-order valence-corrected chi connectivity index (χ0v) is 15.9. The second kappa shape index (κ2) is 7.18. The molecule has 2 aromatic heterocycles. The van der Waals surface area contributed by atoms with Gasteiger partial charge in [-0.3, -0.25) is 4.79 Å². The summed E-state index contributed by atoms with van der Waals surface area (Å²) in [6, 6.07) is 12.0. The first-order valence-corrected chi connectivity index (χ1v) is 9.38. The van der Waals surface area contributed by atoms with E-state index >= 15 is 0 Å². The highest BCUT2D eigenvalue weighted by atomic mass is 19.4. The van der Waals surface area contributed by atoms with Crippen LogP contribution in [0.4, 0.5) is 13.2 Å². The summed E-state index contributed by atoms with van der Waals surface area (Å²) in [5.41, 5.74) is -0.492. The molecule has 1 aromatic carbocycles. The fraction of sp³-hybridized carbons (Fsp3) is 0.333. The molecule has 1 N–H and O–H groups in total. The van der Waals surface area contributed by atoms with Crippen LogP contribution in [0.2, 0.25) is 0 Å². The fourth-order valence-electron chi connectivity index (χ4n) is 4.20. The Bertz CT molecular complexity index is 1020. The average molecular weight is 402 g/mol. The minimum atomic E-state index is -4.51. The zero-order valence-electron chi connectivity index (χ0n) is 15.9. The Kier molecular flexibility index (Phi) is 4.82. The van der Waals surface area contributed by atoms with Crippen molar-refractivity contribution in [2.24, 2.45) is 0 Å². The van der Waals surface area contributed by atoms with E-state index in [4.69, 9.17) is 0 Å². The molecule has 1 saturated heterocycles. The molecule has 0 aliphatic carbocycles. The molecule has 3 heterocycles. The summed E-state index contributed by atoms with van der Waals surface area (Å²) in [6.07, 6.45) is -1.15. The molecular formula is C21H21F3N4O. The van der Waals surface area contributed by atoms with Crippen LogP contribution in [0, 0.1) is 0 Å². The summed E-state index contributed by atoms with van der Waals surface area (Å²) >= 11 is 0. The summed E-state index contributed by atoms with van der Waals surface area (Å²) in [5, 5.41) is 3.46. The Morgan fingerprint density at radius 3 is 2.69 bits per heavy atom. The predicted molar refractivity (Wildman–Crippen MR) is 103 cm³/mol. The Hall–Kier alpha value is -2.87. The topological polar surface area (TPSA) is 50.2 Å². The Morgan fingerprint density at radius 2 is 1.97 bits per heavy atom. The minimum Gasteiger partial charge on any atom is -0.328 e. The van der Waals surface area contributed by atoms with Gasteiger partial charge in [-0.1, -0.05) is 30.3 Å². The van der Waals surface area contributed by atoms with Crippen molar-refractivity contribution in [3.8, 4) is 0 Å². The number of pyridine rings is 1. The molecule has 1 fully saturated rings. The smallest absolute Gasteiger partial charge is 0.328 e. The molecule has 152 valence electrons. The summed E-state index contributed by atoms with van der Waals surface area (Å²) in [6.45, 7) is 1.66. The van der Waals surface area contributed by atoms with Gasteiger partial charge in [0.1, 0.15) is 18.2 Å². The van der Waals surface area contributed by atoms with Gasteiger partial charge in [0.05, 0.1) is 5.54 Å². The molecule has 5 nitrogen and oxygen atoms in total. The van der Waals surface area contributed by atoms with Crippen LogP contribution in [-0.2, 0) is 16.9 Å². The van der Waals surface area contributed by atoms with Crippen molar-refractivity contribution in [1.29, 1.82) is 0 Å². The van der Waals surface area contributed by atoms with Crippen molar-refractivity contribution in [1.82, 2.24) is 19.8 Å². The van der Waals surface area contributed by atoms with E-state index in [1.807, 2.05) is 12.1 Å². The molecule has 1 amide bonds. The van der Waals surface area contributed by atoms with Gasteiger partial charge in [-0.15, -0.1) is 0 Å². The number of benzene rings is 1. The van der Waals surface area contributed by atoms with Crippen molar-refractivity contribution in [2.75, 3.05) is 13.1 Å². The van der Waals surface area contributed by atoms with Crippen molar-refractivity contribution < 1.29 is 18.0 Å². The lowest BCUT2D eigenvalue weighted by Crippen LogP contribution is -2.69. The maximum Gasteiger partial charge on any atom is 0.406 e. The number of fused-ring (bicyclic) bond motifs is 1. The van der Waals surface area contributed by atoms with E-state index in [1.165, 1.54) is 11.8 Å². The summed E-state index contributed by atoms with van der Waals surface area (Å²) < 4.78 is 43.5. The Balaban J connectivity index is 1.72. The number of piperazine rings is 1. The highest BCUT2D eigenvalue weighted by Gasteiger charge is 2.57. The van der Waals surface area contributed by atoms with Crippen LogP contribution in [0.5, 0.6) is 0 Å². The van der Waals surface area contributed by atoms with Gasteiger partial charge in [0, 0.05) is 30.9 Å². The number of nitrogens with one attached hydrogen (secondary N) is 1. The average Bonchev–Trinajstić information content (AvgIpc) is 3.11. The van der Waals surface area contributed by atoms with Gasteiger partial charge < -0.3 is 14.8 Å². The van der Waals surface area contributed by atoms with Gasteiger partial charge in [0.2, 0.25) is 5.91 Å². The molecule has 8 heteroatoms. The fourth-order valence-corrected chi connectivity index (χ4v) is 4.20. The third-order valence-corrected chi connectivity index (χ3v) is 5.62. The van der Waals surface area contributed by atoms with Crippen LogP contribution in [0.15, 0.2) is 60.9 Å². The number of carbonyl (C=O) groups excluding carboxylic acids is 1. The SMILES string of the molecule is CC1(c2ccccc2)C(C(F)(F)F)NCCN1C(=O)Cn1ccc2cccnc21. The van der Waals surface area contributed by atoms with Crippen LogP contribution in [-0.4, -0.2) is 45.7 Å². The molecule has 2 unspecified atom stereocenters. The third kappa shape index (κ3) is 3.37. The largest absolute Gasteiger partial charge is 0.406 e. The summed E-state index contributed by atoms with van der Waals surface area (Å²) in [4.78, 5) is 18.9. The second-order valence-electron chi connectivity index (χ2n) is 7.35. The lowest BCUT2D eigenvalue weighted by atomic mass is 9.80. The van der Waals surface area contributed by atoms with E-state index in [2.05, 4.69) is 10.3 Å². The first kappa shape index (κ1) is 19.4. The molecule has 2 atom stereocenters. The lowest BCUT2D eigenvalue weighted by molar-refractivity contribution is -0.199. The molecule has 0 saturated carbocycles. The van der Waals surface area contributed by atoms with E-state index in [-0.39, 0.29) is 25.5 Å². The van der Waals surface area contributed by atoms with Gasteiger partial charge in [-0.05, 0) is 30.7 Å². The van der Waals surface area contributed by atoms with Crippen LogP contribution < -0.4 is 5.32 Å². The monoisotopic (exact) mass is 402 g/mol. The van der Waals surface area contributed by atoms with Crippen molar-refractivity contribution >= 4 is 16.9 Å². The van der Waals surface area contributed by atoms with Crippen molar-refractivity contribution in [2.45, 2.75) is 31.2 Å². The molecule has 3 aromatic rings. The van der Waals surface area contributed by atoms with Crippen LogP contribution in [0.25, 0.3) is 11.0 Å². The van der Waals surface area contributed by atoms with E-state index in [9.17, 15) is 18.0 Å². The van der Waals surface area contributed by atoms with Crippen molar-refractivity contribution in [3.05, 3.63) is 66.5 Å². The Morgan fingerprint density at radius 1 is 1.21 bits per heavy atom. The maximum absolute atomic E-state index is 13.9. The van der Waals surface area contributed by atoms with E-state index < -0.39 is 17.8 Å². The molecular weight excluding hydrogens is 381 g/mol. The molecule has 1 aliphatic heterocycles. The maximum atomic E-state index is 13.9. The van der Waals surface area contributed by atoms with Gasteiger partial charge in [-0.2, -0.15) is 13.2 Å². The first-order valence-electron chi connectivity index (χ1n) is 9.38. The first-order chi connectivity index (χ1) is 13.8. The summed E-state index contributed by atoms with van der Waals surface area (Å²) in [5.74, 6) is -0.379. The highest BCUT2D eigenvalue weighted by molar-refractivity contribution is 5.81. The molecule has 4 rings (SSSR count). The molecule has 0 bridgehead atoms. The van der Waals surface area contributed by atoms with Crippen LogP contribution >= 0.6 is 0 Å². The van der Waals surface area contributed by atoms with Crippen molar-refractivity contribution in [3.63, 3.8) is 0 Å². The van der Waals surface area contributed by atoms with Gasteiger partial charge in [0.25, 0.3) is 0 Å². The molecule has 29 heavy (non-hydrogen) atoms. The number of amides is 1. The molecule has 0 spiro atoms. The lowest BCUT2D eigenvalue weighted by Gasteiger charge is -2.51. The number of carbonyl (C=O) groups is 1. The minimum absolute atomic E-state index is 0.0724. The van der Waals surface area contributed by atoms with Gasteiger partial charge in [0.15, 0.2) is 0 Å². The standard InChI is InChI=1S/C21H21F3N4O/c1-20(16-7-3-2-4-8-16)19(21(22,23)24)26-11-13-28(20)17(29)14-27-12-9-15-6-5-10-25-18(15)27/h2-10,12,19,26H,11,13-14H2,1H3. The second-order valence-corrected chi connectivity index (χ2v) is 7.35. The van der Waals surface area contributed by atoms with E-state index in [0.29, 0.717) is 11.2 Å². The van der Waals surface area contributed by atoms with Crippen LogP contribution in [0.1, 0.15) is 12.5 Å². The van der Waals surface area contributed by atoms with Gasteiger partial charge >= 0.3 is 6.18 Å².